The number of hydrogen-bond donors (Lipinski definition) is 2. The maximum Gasteiger partial charge on any atom is 1.00 e. The Labute approximate surface area is 69.2 Å². The van der Waals surface area contributed by atoms with Gasteiger partial charge in [0, 0.05) is 6.61 Å². The van der Waals surface area contributed by atoms with Crippen LogP contribution in [0.5, 0.6) is 0 Å². The van der Waals surface area contributed by atoms with Crippen LogP contribution in [0.1, 0.15) is 21.2 Å². The van der Waals surface area contributed by atoms with Crippen LogP contribution in [-0.4, -0.2) is 24.0 Å². The van der Waals surface area contributed by atoms with E-state index in [0.717, 1.165) is 12.8 Å². The standard InChI is InChI=1S/C4H11BO3.Li.H/c1-2-3-4-8-5(6)7;;/h6-7H,2-4H2,1H3;;/q;+1;-1. The summed E-state index contributed by atoms with van der Waals surface area (Å²) < 4.78 is 4.39. The first-order chi connectivity index (χ1) is 3.77. The zero-order chi connectivity index (χ0) is 6.41. The molecule has 0 amide bonds. The molecule has 3 nitrogen and oxygen atoms in total. The van der Waals surface area contributed by atoms with Gasteiger partial charge in [0.25, 0.3) is 0 Å². The molecule has 0 aliphatic rings. The molecule has 0 bridgehead atoms. The average molecular weight is 126 g/mol. The Morgan fingerprint density at radius 3 is 2.44 bits per heavy atom. The van der Waals surface area contributed by atoms with Crippen LogP contribution in [0.4, 0.5) is 0 Å². The third kappa shape index (κ3) is 11.9. The van der Waals surface area contributed by atoms with E-state index in [1.54, 1.807) is 0 Å². The number of unbranched alkanes of at least 4 members (excludes halogenated alkanes) is 1. The van der Waals surface area contributed by atoms with Crippen molar-refractivity contribution in [3.63, 3.8) is 0 Å². The van der Waals surface area contributed by atoms with Crippen LogP contribution in [0.2, 0.25) is 0 Å². The van der Waals surface area contributed by atoms with Crippen molar-refractivity contribution in [2.45, 2.75) is 19.8 Å². The molecule has 0 saturated heterocycles. The summed E-state index contributed by atoms with van der Waals surface area (Å²) in [6, 6.07) is 0. The van der Waals surface area contributed by atoms with Gasteiger partial charge in [-0.1, -0.05) is 13.3 Å². The molecule has 0 rings (SSSR count). The monoisotopic (exact) mass is 126 g/mol. The van der Waals surface area contributed by atoms with E-state index in [-0.39, 0.29) is 20.3 Å². The first-order valence-corrected chi connectivity index (χ1v) is 2.75. The molecule has 0 radical (unpaired) electrons. The summed E-state index contributed by atoms with van der Waals surface area (Å²) in [5.41, 5.74) is 0. The minimum absolute atomic E-state index is 0. The van der Waals surface area contributed by atoms with Gasteiger partial charge in [0.15, 0.2) is 0 Å². The third-order valence-corrected chi connectivity index (χ3v) is 0.765. The molecule has 0 aromatic rings. The van der Waals surface area contributed by atoms with Crippen molar-refractivity contribution >= 4 is 7.32 Å². The van der Waals surface area contributed by atoms with Crippen LogP contribution in [0, 0.1) is 0 Å². The van der Waals surface area contributed by atoms with Crippen molar-refractivity contribution in [3.05, 3.63) is 0 Å². The molecule has 0 unspecified atom stereocenters. The van der Waals surface area contributed by atoms with Crippen molar-refractivity contribution in [2.24, 2.45) is 0 Å². The molecule has 50 valence electrons. The molecule has 5 heteroatoms. The van der Waals surface area contributed by atoms with Gasteiger partial charge in [-0.05, 0) is 6.42 Å². The molecular formula is C4H12BLiO3. The predicted molar refractivity (Wildman–Crippen MR) is 32.2 cm³/mol. The molecule has 9 heavy (non-hydrogen) atoms. The van der Waals surface area contributed by atoms with Crippen LogP contribution in [0.3, 0.4) is 0 Å². The Morgan fingerprint density at radius 1 is 1.56 bits per heavy atom. The van der Waals surface area contributed by atoms with Gasteiger partial charge in [-0.15, -0.1) is 0 Å². The summed E-state index contributed by atoms with van der Waals surface area (Å²) >= 11 is 0. The summed E-state index contributed by atoms with van der Waals surface area (Å²) in [7, 11) is -1.60. The molecule has 0 saturated carbocycles. The van der Waals surface area contributed by atoms with Gasteiger partial charge in [0.1, 0.15) is 0 Å². The second-order valence-corrected chi connectivity index (χ2v) is 1.55. The number of rotatable bonds is 4. The predicted octanol–water partition coefficient (Wildman–Crippen LogP) is -3.11. The van der Waals surface area contributed by atoms with Gasteiger partial charge in [-0.3, -0.25) is 0 Å². The van der Waals surface area contributed by atoms with Crippen LogP contribution < -0.4 is 18.9 Å². The Bertz CT molecular complexity index is 57.8. The summed E-state index contributed by atoms with van der Waals surface area (Å²) in [5, 5.41) is 16.2. The van der Waals surface area contributed by atoms with Gasteiger partial charge in [0.05, 0.1) is 0 Å². The second kappa shape index (κ2) is 8.54. The largest absolute Gasteiger partial charge is 1.00 e. The van der Waals surface area contributed by atoms with Crippen LogP contribution in [-0.2, 0) is 4.65 Å². The molecule has 0 heterocycles. The zero-order valence-corrected chi connectivity index (χ0v) is 6.00. The van der Waals surface area contributed by atoms with E-state index >= 15 is 0 Å². The minimum Gasteiger partial charge on any atom is -1.00 e. The van der Waals surface area contributed by atoms with E-state index in [4.69, 9.17) is 10.0 Å². The van der Waals surface area contributed by atoms with E-state index in [1.165, 1.54) is 0 Å². The van der Waals surface area contributed by atoms with Gasteiger partial charge < -0.3 is 16.1 Å². The molecule has 2 N–H and O–H groups in total. The van der Waals surface area contributed by atoms with Crippen LogP contribution >= 0.6 is 0 Å². The molecule has 0 aromatic carbocycles. The molecule has 0 aromatic heterocycles. The fourth-order valence-electron chi connectivity index (χ4n) is 0.333. The maximum absolute atomic E-state index is 8.11. The maximum atomic E-state index is 8.11. The van der Waals surface area contributed by atoms with Gasteiger partial charge >= 0.3 is 26.2 Å². The van der Waals surface area contributed by atoms with E-state index in [0.29, 0.717) is 6.61 Å². The molecule has 0 atom stereocenters. The van der Waals surface area contributed by atoms with Gasteiger partial charge in [0.2, 0.25) is 0 Å². The van der Waals surface area contributed by atoms with Crippen LogP contribution in [0.25, 0.3) is 0 Å². The minimum atomic E-state index is -1.60. The first-order valence-electron chi connectivity index (χ1n) is 2.75. The molecule has 0 spiro atoms. The molecule has 0 aliphatic carbocycles. The average Bonchev–Trinajstić information content (AvgIpc) is 1.66. The molecular weight excluding hydrogens is 114 g/mol. The van der Waals surface area contributed by atoms with E-state index in [9.17, 15) is 0 Å². The van der Waals surface area contributed by atoms with Crippen LogP contribution in [0.15, 0.2) is 0 Å². The summed E-state index contributed by atoms with van der Waals surface area (Å²) in [4.78, 5) is 0. The second-order valence-electron chi connectivity index (χ2n) is 1.55. The van der Waals surface area contributed by atoms with E-state index < -0.39 is 7.32 Å². The Hall–Kier alpha value is 0.542. The van der Waals surface area contributed by atoms with Gasteiger partial charge in [-0.25, -0.2) is 0 Å². The van der Waals surface area contributed by atoms with Crippen molar-refractivity contribution in [1.29, 1.82) is 0 Å². The summed E-state index contributed by atoms with van der Waals surface area (Å²) in [6.45, 7) is 2.43. The fraction of sp³-hybridized carbons (Fsp3) is 1.00. The van der Waals surface area contributed by atoms with Crippen molar-refractivity contribution in [2.75, 3.05) is 6.61 Å². The smallest absolute Gasteiger partial charge is 1.00 e. The van der Waals surface area contributed by atoms with Gasteiger partial charge in [-0.2, -0.15) is 0 Å². The summed E-state index contributed by atoms with van der Waals surface area (Å²) in [6.07, 6.45) is 1.88. The van der Waals surface area contributed by atoms with E-state index in [1.807, 2.05) is 6.92 Å². The number of hydrogen-bond acceptors (Lipinski definition) is 3. The SMILES string of the molecule is CCCCOB(O)O.[H-].[Li+]. The zero-order valence-electron chi connectivity index (χ0n) is 7.00. The van der Waals surface area contributed by atoms with E-state index in [2.05, 4.69) is 4.65 Å². The normalized spacial score (nSPS) is 8.33. The Morgan fingerprint density at radius 2 is 2.11 bits per heavy atom. The van der Waals surface area contributed by atoms with Crippen molar-refractivity contribution in [3.8, 4) is 0 Å². The quantitative estimate of drug-likeness (QED) is 0.309. The molecule has 0 fully saturated rings. The third-order valence-electron chi connectivity index (χ3n) is 0.765. The first kappa shape index (κ1) is 12.2. The Balaban J connectivity index is -0.000000245. The molecule has 0 aliphatic heterocycles. The summed E-state index contributed by atoms with van der Waals surface area (Å²) in [5.74, 6) is 0. The van der Waals surface area contributed by atoms with Crippen molar-refractivity contribution in [1.82, 2.24) is 0 Å². The fourth-order valence-corrected chi connectivity index (χ4v) is 0.333. The topological polar surface area (TPSA) is 49.7 Å². The van der Waals surface area contributed by atoms with Crippen molar-refractivity contribution < 1.29 is 35.0 Å². The Kier molecular flexibility index (Phi) is 11.6.